The van der Waals surface area contributed by atoms with Crippen LogP contribution >= 0.6 is 7.82 Å². The third-order valence-corrected chi connectivity index (χ3v) is 10.0. The van der Waals surface area contributed by atoms with Crippen LogP contribution in [0.1, 0.15) is 174 Å². The zero-order valence-corrected chi connectivity index (χ0v) is 36.2. The molecule has 0 heterocycles. The van der Waals surface area contributed by atoms with Gasteiger partial charge in [-0.25, -0.2) is 4.57 Å². The highest BCUT2D eigenvalue weighted by Gasteiger charge is 2.28. The molecule has 330 valence electrons. The Kier molecular flexibility index (Phi) is 37.1. The van der Waals surface area contributed by atoms with E-state index in [1.165, 1.54) is 70.6 Å². The van der Waals surface area contributed by atoms with Crippen molar-refractivity contribution in [2.45, 2.75) is 193 Å². The number of ether oxygens (including phenoxy) is 2. The van der Waals surface area contributed by atoms with Gasteiger partial charge in [-0.1, -0.05) is 145 Å². The van der Waals surface area contributed by atoms with Gasteiger partial charge in [-0.3, -0.25) is 23.4 Å². The normalized spacial score (nSPS) is 14.8. The zero-order chi connectivity index (χ0) is 42.2. The molecule has 0 aromatic carbocycles. The van der Waals surface area contributed by atoms with E-state index in [1.54, 1.807) is 0 Å². The summed E-state index contributed by atoms with van der Waals surface area (Å²) in [5.74, 6) is -2.47. The number of aliphatic hydroxyl groups is 1. The van der Waals surface area contributed by atoms with E-state index in [1.807, 2.05) is 19.1 Å². The second kappa shape index (κ2) is 38.9. The topological polar surface area (TPSA) is 192 Å². The number of hydrogen-bond donors (Lipinski definition) is 4. The monoisotopic (exact) mass is 828 g/mol. The molecular formula is C44H78NO11P. The Hall–Kier alpha value is -2.60. The van der Waals surface area contributed by atoms with Gasteiger partial charge in [0.15, 0.2) is 6.10 Å². The Morgan fingerprint density at radius 1 is 0.614 bits per heavy atom. The highest BCUT2D eigenvalue weighted by molar-refractivity contribution is 7.47. The summed E-state index contributed by atoms with van der Waals surface area (Å²) < 4.78 is 32.6. The van der Waals surface area contributed by atoms with Crippen LogP contribution in [0.15, 0.2) is 48.6 Å². The number of carbonyl (C=O) groups excluding carboxylic acids is 2. The van der Waals surface area contributed by atoms with Gasteiger partial charge in [0.2, 0.25) is 0 Å². The van der Waals surface area contributed by atoms with Gasteiger partial charge in [0.25, 0.3) is 0 Å². The minimum atomic E-state index is -4.73. The molecule has 0 amide bonds. The molecule has 0 bridgehead atoms. The van der Waals surface area contributed by atoms with E-state index >= 15 is 0 Å². The number of aliphatic carboxylic acids is 1. The quantitative estimate of drug-likeness (QED) is 0.0198. The Morgan fingerprint density at radius 3 is 1.54 bits per heavy atom. The van der Waals surface area contributed by atoms with E-state index in [4.69, 9.17) is 24.8 Å². The molecule has 4 atom stereocenters. The van der Waals surface area contributed by atoms with Crippen LogP contribution in [0.5, 0.6) is 0 Å². The Bertz CT molecular complexity index is 1170. The number of nitrogens with two attached hydrogens (primary N) is 1. The van der Waals surface area contributed by atoms with Crippen molar-refractivity contribution in [3.8, 4) is 0 Å². The summed E-state index contributed by atoms with van der Waals surface area (Å²) in [4.78, 5) is 45.9. The highest BCUT2D eigenvalue weighted by Crippen LogP contribution is 2.43. The van der Waals surface area contributed by atoms with Gasteiger partial charge in [-0.15, -0.1) is 0 Å². The van der Waals surface area contributed by atoms with Crippen molar-refractivity contribution in [3.05, 3.63) is 48.6 Å². The van der Waals surface area contributed by atoms with Crippen LogP contribution in [0.25, 0.3) is 0 Å². The molecule has 1 unspecified atom stereocenters. The Morgan fingerprint density at radius 2 is 1.05 bits per heavy atom. The number of aliphatic hydroxyl groups excluding tert-OH is 1. The molecule has 0 aliphatic rings. The molecule has 5 N–H and O–H groups in total. The first kappa shape index (κ1) is 54.4. The maximum absolute atomic E-state index is 12.6. The van der Waals surface area contributed by atoms with Crippen molar-refractivity contribution in [1.29, 1.82) is 0 Å². The maximum atomic E-state index is 12.6. The average Bonchev–Trinajstić information content (AvgIpc) is 3.17. The molecular weight excluding hydrogens is 749 g/mol. The van der Waals surface area contributed by atoms with Crippen LogP contribution in [-0.4, -0.2) is 71.1 Å². The number of carboxylic acid groups (broad SMARTS) is 1. The lowest BCUT2D eigenvalue weighted by Crippen LogP contribution is -2.34. The van der Waals surface area contributed by atoms with Gasteiger partial charge in [-0.2, -0.15) is 0 Å². The van der Waals surface area contributed by atoms with Gasteiger partial charge in [0, 0.05) is 12.8 Å². The number of phosphoric ester groups is 1. The molecule has 0 aliphatic heterocycles. The fourth-order valence-corrected chi connectivity index (χ4v) is 6.44. The van der Waals surface area contributed by atoms with Crippen molar-refractivity contribution >= 4 is 25.7 Å². The number of hydrogen-bond acceptors (Lipinski definition) is 10. The van der Waals surface area contributed by atoms with E-state index in [2.05, 4.69) is 47.9 Å². The molecule has 0 radical (unpaired) electrons. The summed E-state index contributed by atoms with van der Waals surface area (Å²) in [5.41, 5.74) is 5.33. The second-order valence-corrected chi connectivity index (χ2v) is 16.2. The van der Waals surface area contributed by atoms with Crippen LogP contribution in [-0.2, 0) is 37.5 Å². The summed E-state index contributed by atoms with van der Waals surface area (Å²) >= 11 is 0. The predicted octanol–water partition coefficient (Wildman–Crippen LogP) is 10.4. The second-order valence-electron chi connectivity index (χ2n) is 14.8. The van der Waals surface area contributed by atoms with Gasteiger partial charge in [0.05, 0.1) is 19.3 Å². The number of unbranched alkanes of at least 4 members (excludes halogenated alkanes) is 16. The van der Waals surface area contributed by atoms with Gasteiger partial charge >= 0.3 is 25.7 Å². The number of esters is 2. The van der Waals surface area contributed by atoms with E-state index in [-0.39, 0.29) is 25.6 Å². The van der Waals surface area contributed by atoms with Gasteiger partial charge < -0.3 is 30.3 Å². The summed E-state index contributed by atoms with van der Waals surface area (Å²) in [6.07, 6.45) is 40.3. The predicted molar refractivity (Wildman–Crippen MR) is 228 cm³/mol. The molecule has 0 spiro atoms. The van der Waals surface area contributed by atoms with E-state index in [0.717, 1.165) is 57.8 Å². The van der Waals surface area contributed by atoms with Gasteiger partial charge in [-0.05, 0) is 64.7 Å². The SMILES string of the molecule is CCCCCCCCCCCCCCCCCC(=O)O[C@H](COC(=O)CCC/C=C\C/C=C\C/C=C\C/C=C\CCC[C@@H](C)O)COP(=O)(O)OC[C@H](N)C(=O)O. The third kappa shape index (κ3) is 40.0. The molecule has 57 heavy (non-hydrogen) atoms. The molecule has 13 heteroatoms. The molecule has 0 saturated carbocycles. The number of phosphoric acid groups is 1. The smallest absolute Gasteiger partial charge is 0.472 e. The first-order valence-corrected chi connectivity index (χ1v) is 23.2. The van der Waals surface area contributed by atoms with Crippen LogP contribution in [0.3, 0.4) is 0 Å². The summed E-state index contributed by atoms with van der Waals surface area (Å²) in [6, 6.07) is -1.53. The first-order valence-electron chi connectivity index (χ1n) is 21.7. The van der Waals surface area contributed by atoms with Crippen LogP contribution in [0.2, 0.25) is 0 Å². The van der Waals surface area contributed by atoms with E-state index in [9.17, 15) is 28.9 Å². The van der Waals surface area contributed by atoms with E-state index < -0.39 is 51.1 Å². The van der Waals surface area contributed by atoms with Crippen molar-refractivity contribution in [1.82, 2.24) is 0 Å². The van der Waals surface area contributed by atoms with E-state index in [0.29, 0.717) is 19.3 Å². The van der Waals surface area contributed by atoms with Crippen LogP contribution < -0.4 is 5.73 Å². The van der Waals surface area contributed by atoms with Crippen molar-refractivity contribution < 1.29 is 52.6 Å². The van der Waals surface area contributed by atoms with Crippen LogP contribution in [0.4, 0.5) is 0 Å². The first-order chi connectivity index (χ1) is 27.5. The fraction of sp³-hybridized carbons (Fsp3) is 0.750. The fourth-order valence-electron chi connectivity index (χ4n) is 5.66. The third-order valence-electron chi connectivity index (χ3n) is 9.10. The largest absolute Gasteiger partial charge is 0.480 e. The molecule has 0 aromatic rings. The van der Waals surface area contributed by atoms with Crippen molar-refractivity contribution in [2.24, 2.45) is 5.73 Å². The number of carbonyl (C=O) groups is 3. The lowest BCUT2D eigenvalue weighted by molar-refractivity contribution is -0.161. The van der Waals surface area contributed by atoms with Crippen molar-refractivity contribution in [3.63, 3.8) is 0 Å². The lowest BCUT2D eigenvalue weighted by Gasteiger charge is -2.20. The van der Waals surface area contributed by atoms with Gasteiger partial charge in [0.1, 0.15) is 12.6 Å². The molecule has 12 nitrogen and oxygen atoms in total. The van der Waals surface area contributed by atoms with Crippen LogP contribution in [0, 0.1) is 0 Å². The number of carboxylic acids is 1. The minimum Gasteiger partial charge on any atom is -0.480 e. The standard InChI is InChI=1S/C44H78NO11P/c1-3-4-5-6-7-8-9-10-12-17-20-23-26-29-32-35-43(48)56-40(37-54-57(51,52)55-38-41(45)44(49)50)36-53-42(47)34-31-28-25-22-19-16-14-11-13-15-18-21-24-27-30-33-39(2)46/h13-16,21-22,24-25,39-41,46H,3-12,17-20,23,26-38,45H2,1-2H3,(H,49,50)(H,51,52)/b15-13-,16-14-,24-21-,25-22-/t39-,40-,41+/m1/s1. The average molecular weight is 828 g/mol. The Balaban J connectivity index is 4.45. The number of allylic oxidation sites excluding steroid dienone is 8. The molecule has 0 rings (SSSR count). The Labute approximate surface area is 344 Å². The zero-order valence-electron chi connectivity index (χ0n) is 35.3. The lowest BCUT2D eigenvalue weighted by atomic mass is 10.0. The number of rotatable bonds is 40. The molecule has 0 saturated heterocycles. The molecule has 0 aliphatic carbocycles. The van der Waals surface area contributed by atoms with Crippen molar-refractivity contribution in [2.75, 3.05) is 19.8 Å². The summed E-state index contributed by atoms with van der Waals surface area (Å²) in [6.45, 7) is 2.29. The highest BCUT2D eigenvalue weighted by atomic mass is 31.2. The maximum Gasteiger partial charge on any atom is 0.472 e. The molecule has 0 aromatic heterocycles. The molecule has 0 fully saturated rings. The summed E-state index contributed by atoms with van der Waals surface area (Å²) in [5, 5.41) is 18.1. The minimum absolute atomic E-state index is 0.134. The summed E-state index contributed by atoms with van der Waals surface area (Å²) in [7, 11) is -4.73.